The second kappa shape index (κ2) is 11.0. The highest BCUT2D eigenvalue weighted by Gasteiger charge is 2.07. The van der Waals surface area contributed by atoms with E-state index in [0.29, 0.717) is 17.7 Å². The predicted molar refractivity (Wildman–Crippen MR) is 89.3 cm³/mol. The third-order valence-electron chi connectivity index (χ3n) is 3.76. The molecule has 0 saturated carbocycles. The second-order valence-corrected chi connectivity index (χ2v) is 5.74. The van der Waals surface area contributed by atoms with E-state index in [1.54, 1.807) is 24.3 Å². The van der Waals surface area contributed by atoms with Crippen LogP contribution in [0.4, 0.5) is 0 Å². The summed E-state index contributed by atoms with van der Waals surface area (Å²) >= 11 is 0. The Bertz CT molecular complexity index is 448. The summed E-state index contributed by atoms with van der Waals surface area (Å²) in [6, 6.07) is 6.62. The van der Waals surface area contributed by atoms with E-state index in [1.165, 1.54) is 45.4 Å². The van der Waals surface area contributed by atoms with Gasteiger partial charge in [0.15, 0.2) is 5.78 Å². The van der Waals surface area contributed by atoms with Gasteiger partial charge >= 0.3 is 5.97 Å². The number of hydrogen-bond donors (Lipinski definition) is 0. The summed E-state index contributed by atoms with van der Waals surface area (Å²) in [5.41, 5.74) is 1.11. The van der Waals surface area contributed by atoms with Crippen LogP contribution >= 0.6 is 0 Å². The fourth-order valence-electron chi connectivity index (χ4n) is 2.33. The highest BCUT2D eigenvalue weighted by Crippen LogP contribution is 2.10. The van der Waals surface area contributed by atoms with Crippen LogP contribution in [0.1, 0.15) is 85.9 Å². The van der Waals surface area contributed by atoms with E-state index in [2.05, 4.69) is 6.92 Å². The summed E-state index contributed by atoms with van der Waals surface area (Å²) < 4.78 is 5.25. The van der Waals surface area contributed by atoms with E-state index in [4.69, 9.17) is 4.74 Å². The number of rotatable bonds is 11. The average molecular weight is 304 g/mol. The Morgan fingerprint density at radius 1 is 0.818 bits per heavy atom. The van der Waals surface area contributed by atoms with Crippen molar-refractivity contribution in [2.24, 2.45) is 0 Å². The molecule has 3 heteroatoms. The maximum atomic E-state index is 11.8. The minimum Gasteiger partial charge on any atom is -0.462 e. The predicted octanol–water partition coefficient (Wildman–Crippen LogP) is 5.19. The third kappa shape index (κ3) is 7.39. The molecule has 0 bridgehead atoms. The lowest BCUT2D eigenvalue weighted by Crippen LogP contribution is -2.06. The molecule has 1 aromatic rings. The minimum absolute atomic E-state index is 0.00106. The molecule has 0 fully saturated rings. The second-order valence-electron chi connectivity index (χ2n) is 5.74. The van der Waals surface area contributed by atoms with Crippen molar-refractivity contribution in [3.63, 3.8) is 0 Å². The number of benzene rings is 1. The molecule has 1 rings (SSSR count). The van der Waals surface area contributed by atoms with Crippen molar-refractivity contribution < 1.29 is 14.3 Å². The van der Waals surface area contributed by atoms with Gasteiger partial charge < -0.3 is 4.74 Å². The van der Waals surface area contributed by atoms with Crippen LogP contribution < -0.4 is 0 Å². The van der Waals surface area contributed by atoms with Crippen molar-refractivity contribution >= 4 is 11.8 Å². The number of esters is 1. The van der Waals surface area contributed by atoms with Crippen LogP contribution in [0.15, 0.2) is 24.3 Å². The van der Waals surface area contributed by atoms with Gasteiger partial charge in [-0.05, 0) is 25.5 Å². The molecule has 0 N–H and O–H groups in total. The van der Waals surface area contributed by atoms with Crippen LogP contribution in [0.5, 0.6) is 0 Å². The molecule has 0 radical (unpaired) electrons. The van der Waals surface area contributed by atoms with Crippen LogP contribution in [0.2, 0.25) is 0 Å². The molecule has 3 nitrogen and oxygen atoms in total. The average Bonchev–Trinajstić information content (AvgIpc) is 2.53. The topological polar surface area (TPSA) is 43.4 Å². The normalized spacial score (nSPS) is 10.5. The van der Waals surface area contributed by atoms with Gasteiger partial charge in [-0.15, -0.1) is 0 Å². The first-order chi connectivity index (χ1) is 10.6. The lowest BCUT2D eigenvalue weighted by molar-refractivity contribution is 0.0497. The zero-order valence-electron chi connectivity index (χ0n) is 13.9. The first-order valence-electron chi connectivity index (χ1n) is 8.43. The molecule has 22 heavy (non-hydrogen) atoms. The van der Waals surface area contributed by atoms with Crippen molar-refractivity contribution in [2.75, 3.05) is 6.61 Å². The van der Waals surface area contributed by atoms with Crippen LogP contribution in [0.25, 0.3) is 0 Å². The molecule has 1 aromatic carbocycles. The molecule has 122 valence electrons. The van der Waals surface area contributed by atoms with Gasteiger partial charge in [0.2, 0.25) is 0 Å². The van der Waals surface area contributed by atoms with Crippen LogP contribution in [0.3, 0.4) is 0 Å². The third-order valence-corrected chi connectivity index (χ3v) is 3.76. The fraction of sp³-hybridized carbons (Fsp3) is 0.579. The lowest BCUT2D eigenvalue weighted by Gasteiger charge is -2.05. The minimum atomic E-state index is -0.307. The molecular weight excluding hydrogens is 276 g/mol. The van der Waals surface area contributed by atoms with Gasteiger partial charge in [-0.3, -0.25) is 4.79 Å². The van der Waals surface area contributed by atoms with E-state index in [0.717, 1.165) is 12.8 Å². The number of ether oxygens (including phenoxy) is 1. The molecule has 0 saturated heterocycles. The number of hydrogen-bond acceptors (Lipinski definition) is 3. The number of Topliss-reactive ketones (excluding diaryl/α,β-unsaturated/α-hetero) is 1. The van der Waals surface area contributed by atoms with Crippen LogP contribution in [0, 0.1) is 0 Å². The smallest absolute Gasteiger partial charge is 0.338 e. The standard InChI is InChI=1S/C19H28O3/c1-3-4-5-6-7-8-9-10-15-22-19(21)18-13-11-17(12-14-18)16(2)20/h11-14H,3-10,15H2,1-2H3. The van der Waals surface area contributed by atoms with E-state index in [-0.39, 0.29) is 11.8 Å². The van der Waals surface area contributed by atoms with Gasteiger partial charge in [0, 0.05) is 5.56 Å². The Hall–Kier alpha value is -1.64. The quantitative estimate of drug-likeness (QED) is 0.321. The Morgan fingerprint density at radius 2 is 1.32 bits per heavy atom. The van der Waals surface area contributed by atoms with Crippen molar-refractivity contribution in [1.82, 2.24) is 0 Å². The van der Waals surface area contributed by atoms with Crippen molar-refractivity contribution in [2.45, 2.75) is 65.2 Å². The summed E-state index contributed by atoms with van der Waals surface area (Å²) in [7, 11) is 0. The molecule has 0 aliphatic carbocycles. The zero-order valence-corrected chi connectivity index (χ0v) is 13.9. The summed E-state index contributed by atoms with van der Waals surface area (Å²) in [5.74, 6) is -0.308. The van der Waals surface area contributed by atoms with Gasteiger partial charge in [0.05, 0.1) is 12.2 Å². The maximum Gasteiger partial charge on any atom is 0.338 e. The van der Waals surface area contributed by atoms with E-state index < -0.39 is 0 Å². The number of carbonyl (C=O) groups excluding carboxylic acids is 2. The summed E-state index contributed by atoms with van der Waals surface area (Å²) in [6.45, 7) is 4.21. The number of ketones is 1. The molecular formula is C19H28O3. The van der Waals surface area contributed by atoms with Gasteiger partial charge in [-0.1, -0.05) is 64.0 Å². The van der Waals surface area contributed by atoms with Crippen LogP contribution in [-0.2, 0) is 4.74 Å². The molecule has 0 aliphatic rings. The molecule has 0 heterocycles. The SMILES string of the molecule is CCCCCCCCCCOC(=O)c1ccc(C(C)=O)cc1. The van der Waals surface area contributed by atoms with Gasteiger partial charge in [0.25, 0.3) is 0 Å². The maximum absolute atomic E-state index is 11.8. The molecule has 0 aliphatic heterocycles. The number of carbonyl (C=O) groups is 2. The molecule has 0 aromatic heterocycles. The van der Waals surface area contributed by atoms with E-state index in [9.17, 15) is 9.59 Å². The molecule has 0 atom stereocenters. The Labute approximate surface area is 134 Å². The molecule has 0 spiro atoms. The molecule has 0 unspecified atom stereocenters. The number of unbranched alkanes of at least 4 members (excludes halogenated alkanes) is 7. The highest BCUT2D eigenvalue weighted by molar-refractivity contribution is 5.96. The first-order valence-corrected chi connectivity index (χ1v) is 8.43. The van der Waals surface area contributed by atoms with Crippen molar-refractivity contribution in [3.05, 3.63) is 35.4 Å². The summed E-state index contributed by atoms with van der Waals surface area (Å²) in [5, 5.41) is 0. The zero-order chi connectivity index (χ0) is 16.2. The van der Waals surface area contributed by atoms with Gasteiger partial charge in [-0.25, -0.2) is 4.79 Å². The Balaban J connectivity index is 2.12. The van der Waals surface area contributed by atoms with Crippen molar-refractivity contribution in [1.29, 1.82) is 0 Å². The largest absolute Gasteiger partial charge is 0.462 e. The van der Waals surface area contributed by atoms with Gasteiger partial charge in [-0.2, -0.15) is 0 Å². The van der Waals surface area contributed by atoms with E-state index >= 15 is 0 Å². The van der Waals surface area contributed by atoms with Crippen molar-refractivity contribution in [3.8, 4) is 0 Å². The monoisotopic (exact) mass is 304 g/mol. The summed E-state index contributed by atoms with van der Waals surface area (Å²) in [4.78, 5) is 23.0. The van der Waals surface area contributed by atoms with Gasteiger partial charge in [0.1, 0.15) is 0 Å². The van der Waals surface area contributed by atoms with E-state index in [1.807, 2.05) is 0 Å². The first kappa shape index (κ1) is 18.4. The molecule has 0 amide bonds. The summed E-state index contributed by atoms with van der Waals surface area (Å²) in [6.07, 6.45) is 9.80. The fourth-order valence-corrected chi connectivity index (χ4v) is 2.33. The Kier molecular flexibility index (Phi) is 9.20. The van der Waals surface area contributed by atoms with Crippen LogP contribution in [-0.4, -0.2) is 18.4 Å². The Morgan fingerprint density at radius 3 is 1.86 bits per heavy atom. The highest BCUT2D eigenvalue weighted by atomic mass is 16.5. The lowest BCUT2D eigenvalue weighted by atomic mass is 10.1.